The Labute approximate surface area is 125 Å². The number of hydrogen-bond acceptors (Lipinski definition) is 2. The molecule has 0 amide bonds. The summed E-state index contributed by atoms with van der Waals surface area (Å²) in [5.41, 5.74) is 3.62. The van der Waals surface area contributed by atoms with Crippen molar-refractivity contribution in [3.8, 4) is 11.4 Å². The van der Waals surface area contributed by atoms with Gasteiger partial charge in [-0.1, -0.05) is 43.3 Å². The summed E-state index contributed by atoms with van der Waals surface area (Å²) in [6.07, 6.45) is 1.94. The second kappa shape index (κ2) is 5.70. The summed E-state index contributed by atoms with van der Waals surface area (Å²) in [5.74, 6) is 0.950. The number of nitrogens with one attached hydrogen (secondary N) is 1. The first-order chi connectivity index (χ1) is 10.2. The minimum atomic E-state index is 0.896. The Morgan fingerprint density at radius 2 is 1.86 bits per heavy atom. The zero-order valence-corrected chi connectivity index (χ0v) is 12.9. The Balaban J connectivity index is 2.03. The molecule has 0 fully saturated rings. The van der Waals surface area contributed by atoms with E-state index in [1.54, 1.807) is 0 Å². The number of aromatic nitrogens is 2. The lowest BCUT2D eigenvalue weighted by Crippen LogP contribution is -2.16. The lowest BCUT2D eigenvalue weighted by Gasteiger charge is -2.11. The van der Waals surface area contributed by atoms with E-state index in [0.717, 1.165) is 24.6 Å². The maximum atomic E-state index is 4.57. The van der Waals surface area contributed by atoms with Gasteiger partial charge >= 0.3 is 0 Å². The summed E-state index contributed by atoms with van der Waals surface area (Å²) in [5, 5.41) is 2.54. The molecule has 0 saturated heterocycles. The number of fused-ring (bicyclic) bond motifs is 1. The number of aryl methyl sites for hydroxylation is 1. The summed E-state index contributed by atoms with van der Waals surface area (Å²) in [6, 6.07) is 12.8. The highest BCUT2D eigenvalue weighted by atomic mass is 15.1. The van der Waals surface area contributed by atoms with Crippen molar-refractivity contribution in [2.24, 2.45) is 0 Å². The van der Waals surface area contributed by atoms with Gasteiger partial charge in [-0.3, -0.25) is 0 Å². The fraction of sp³-hybridized carbons (Fsp3) is 0.278. The van der Waals surface area contributed by atoms with E-state index >= 15 is 0 Å². The van der Waals surface area contributed by atoms with Gasteiger partial charge in [0.25, 0.3) is 0 Å². The number of nitrogens with zero attached hydrogens (tertiary/aromatic N) is 2. The van der Waals surface area contributed by atoms with Gasteiger partial charge in [-0.15, -0.1) is 0 Å². The Morgan fingerprint density at radius 3 is 2.62 bits per heavy atom. The molecule has 108 valence electrons. The molecule has 3 aromatic rings. The van der Waals surface area contributed by atoms with Gasteiger partial charge in [0.05, 0.1) is 0 Å². The molecule has 3 nitrogen and oxygen atoms in total. The predicted molar refractivity (Wildman–Crippen MR) is 88.3 cm³/mol. The van der Waals surface area contributed by atoms with Gasteiger partial charge in [0.1, 0.15) is 5.82 Å². The summed E-state index contributed by atoms with van der Waals surface area (Å²) in [7, 11) is 2.11. The number of imidazole rings is 1. The van der Waals surface area contributed by atoms with Crippen LogP contribution in [0.2, 0.25) is 0 Å². The number of H-pyrrole nitrogens is 1. The van der Waals surface area contributed by atoms with Crippen molar-refractivity contribution in [1.82, 2.24) is 14.9 Å². The normalized spacial score (nSPS) is 11.4. The van der Waals surface area contributed by atoms with Crippen LogP contribution in [0.25, 0.3) is 22.2 Å². The fourth-order valence-corrected chi connectivity index (χ4v) is 2.64. The Hall–Kier alpha value is -2.13. The van der Waals surface area contributed by atoms with Crippen molar-refractivity contribution in [3.05, 3.63) is 53.9 Å². The quantitative estimate of drug-likeness (QED) is 0.783. The van der Waals surface area contributed by atoms with Gasteiger partial charge in [-0.25, -0.2) is 4.98 Å². The molecule has 3 heteroatoms. The molecule has 0 saturated carbocycles. The highest BCUT2D eigenvalue weighted by Crippen LogP contribution is 2.28. The van der Waals surface area contributed by atoms with Crippen LogP contribution in [-0.2, 0) is 6.54 Å². The largest absolute Gasteiger partial charge is 0.341 e. The molecule has 1 aromatic heterocycles. The van der Waals surface area contributed by atoms with Gasteiger partial charge in [-0.2, -0.15) is 0 Å². The minimum absolute atomic E-state index is 0.896. The van der Waals surface area contributed by atoms with E-state index in [1.807, 2.05) is 6.20 Å². The zero-order chi connectivity index (χ0) is 14.8. The first-order valence-corrected chi connectivity index (χ1v) is 7.40. The summed E-state index contributed by atoms with van der Waals surface area (Å²) in [6.45, 7) is 6.23. The first-order valence-electron chi connectivity index (χ1n) is 7.40. The Kier molecular flexibility index (Phi) is 3.76. The van der Waals surface area contributed by atoms with Crippen LogP contribution in [0.1, 0.15) is 18.2 Å². The third kappa shape index (κ3) is 2.69. The second-order valence-electron chi connectivity index (χ2n) is 5.56. The third-order valence-electron chi connectivity index (χ3n) is 4.01. The van der Waals surface area contributed by atoms with Crippen LogP contribution in [0, 0.1) is 6.92 Å². The Bertz CT molecular complexity index is 758. The molecule has 1 N–H and O–H groups in total. The van der Waals surface area contributed by atoms with Crippen molar-refractivity contribution >= 4 is 10.8 Å². The summed E-state index contributed by atoms with van der Waals surface area (Å²) < 4.78 is 0. The first kappa shape index (κ1) is 13.8. The van der Waals surface area contributed by atoms with Crippen molar-refractivity contribution in [1.29, 1.82) is 0 Å². The standard InChI is InChI=1S/C18H21N3/c1-4-21(3)12-14-11-19-18(20-14)17-10-9-13(2)15-7-5-6-8-16(15)17/h5-11H,4,12H2,1-3H3,(H,19,20). The molecule has 21 heavy (non-hydrogen) atoms. The van der Waals surface area contributed by atoms with Crippen LogP contribution >= 0.6 is 0 Å². The lowest BCUT2D eigenvalue weighted by molar-refractivity contribution is 0.342. The van der Waals surface area contributed by atoms with E-state index in [2.05, 4.69) is 72.2 Å². The van der Waals surface area contributed by atoms with E-state index in [-0.39, 0.29) is 0 Å². The van der Waals surface area contributed by atoms with Gasteiger partial charge in [0, 0.05) is 24.0 Å². The van der Waals surface area contributed by atoms with E-state index in [9.17, 15) is 0 Å². The predicted octanol–water partition coefficient (Wildman–Crippen LogP) is 3.99. The molecule has 0 bridgehead atoms. The molecule has 0 aliphatic carbocycles. The van der Waals surface area contributed by atoms with Crippen molar-refractivity contribution < 1.29 is 0 Å². The summed E-state index contributed by atoms with van der Waals surface area (Å²) in [4.78, 5) is 10.3. The molecule has 0 aliphatic rings. The SMILES string of the molecule is CCN(C)Cc1cnc(-c2ccc(C)c3ccccc23)[nH]1. The molecule has 0 atom stereocenters. The maximum absolute atomic E-state index is 4.57. The molecule has 1 heterocycles. The van der Waals surface area contributed by atoms with Gasteiger partial charge in [0.2, 0.25) is 0 Å². The van der Waals surface area contributed by atoms with E-state index in [0.29, 0.717) is 0 Å². The number of hydrogen-bond donors (Lipinski definition) is 1. The van der Waals surface area contributed by atoms with Gasteiger partial charge in [-0.05, 0) is 36.9 Å². The molecule has 0 unspecified atom stereocenters. The van der Waals surface area contributed by atoms with Crippen molar-refractivity contribution in [3.63, 3.8) is 0 Å². The smallest absolute Gasteiger partial charge is 0.138 e. The van der Waals surface area contributed by atoms with Crippen molar-refractivity contribution in [2.75, 3.05) is 13.6 Å². The Morgan fingerprint density at radius 1 is 1.10 bits per heavy atom. The molecule has 0 radical (unpaired) electrons. The number of rotatable bonds is 4. The summed E-state index contributed by atoms with van der Waals surface area (Å²) >= 11 is 0. The van der Waals surface area contributed by atoms with Crippen LogP contribution in [0.15, 0.2) is 42.6 Å². The average molecular weight is 279 g/mol. The van der Waals surface area contributed by atoms with Crippen molar-refractivity contribution in [2.45, 2.75) is 20.4 Å². The highest BCUT2D eigenvalue weighted by Gasteiger charge is 2.09. The lowest BCUT2D eigenvalue weighted by atomic mass is 10.00. The topological polar surface area (TPSA) is 31.9 Å². The van der Waals surface area contributed by atoms with Gasteiger partial charge in [0.15, 0.2) is 0 Å². The molecule has 3 rings (SSSR count). The molecule has 0 spiro atoms. The minimum Gasteiger partial charge on any atom is -0.341 e. The monoisotopic (exact) mass is 279 g/mol. The molecule has 2 aromatic carbocycles. The van der Waals surface area contributed by atoms with Crippen LogP contribution in [0.4, 0.5) is 0 Å². The zero-order valence-electron chi connectivity index (χ0n) is 12.9. The maximum Gasteiger partial charge on any atom is 0.138 e. The number of benzene rings is 2. The van der Waals surface area contributed by atoms with Crippen LogP contribution in [0.3, 0.4) is 0 Å². The van der Waals surface area contributed by atoms with E-state index < -0.39 is 0 Å². The highest BCUT2D eigenvalue weighted by molar-refractivity contribution is 5.97. The second-order valence-corrected chi connectivity index (χ2v) is 5.56. The van der Waals surface area contributed by atoms with Crippen LogP contribution in [0.5, 0.6) is 0 Å². The number of aromatic amines is 1. The van der Waals surface area contributed by atoms with E-state index in [4.69, 9.17) is 0 Å². The molecular weight excluding hydrogens is 258 g/mol. The van der Waals surface area contributed by atoms with Crippen LogP contribution in [-0.4, -0.2) is 28.5 Å². The fourth-order valence-electron chi connectivity index (χ4n) is 2.64. The third-order valence-corrected chi connectivity index (χ3v) is 4.01. The molecular formula is C18H21N3. The van der Waals surface area contributed by atoms with E-state index in [1.165, 1.54) is 21.9 Å². The molecule has 0 aliphatic heterocycles. The van der Waals surface area contributed by atoms with Crippen LogP contribution < -0.4 is 0 Å². The van der Waals surface area contributed by atoms with Gasteiger partial charge < -0.3 is 9.88 Å². The average Bonchev–Trinajstić information content (AvgIpc) is 2.96.